The fraction of sp³-hybridized carbons (Fsp3) is 0.556. The van der Waals surface area contributed by atoms with Gasteiger partial charge in [-0.2, -0.15) is 11.8 Å². The Hall–Kier alpha value is -1.17. The highest BCUT2D eigenvalue weighted by molar-refractivity contribution is 7.99. The van der Waals surface area contributed by atoms with E-state index in [2.05, 4.69) is 14.9 Å². The molecule has 5 nitrogen and oxygen atoms in total. The average Bonchev–Trinajstić information content (AvgIpc) is 2.30. The van der Waals surface area contributed by atoms with E-state index in [0.717, 1.165) is 30.4 Å². The van der Waals surface area contributed by atoms with Crippen molar-refractivity contribution in [1.29, 1.82) is 0 Å². The number of nitrogens with zero attached hydrogens (tertiary/aromatic N) is 3. The summed E-state index contributed by atoms with van der Waals surface area (Å²) in [5, 5.41) is 0. The van der Waals surface area contributed by atoms with Crippen LogP contribution in [0.2, 0.25) is 0 Å². The molecule has 1 aliphatic heterocycles. The molecule has 0 bridgehead atoms. The van der Waals surface area contributed by atoms with Crippen LogP contribution in [0.4, 0.5) is 11.6 Å². The predicted molar refractivity (Wildman–Crippen MR) is 62.5 cm³/mol. The highest BCUT2D eigenvalue weighted by atomic mass is 32.2. The normalized spacial score (nSPS) is 16.5. The molecular formula is C9H14N4OS. The third kappa shape index (κ3) is 2.09. The number of nitrogen functional groups attached to an aromatic ring is 1. The Bertz CT molecular complexity index is 341. The summed E-state index contributed by atoms with van der Waals surface area (Å²) >= 11 is 1.95. The van der Waals surface area contributed by atoms with Gasteiger partial charge in [-0.25, -0.2) is 9.97 Å². The molecule has 1 aromatic heterocycles. The first-order valence-electron chi connectivity index (χ1n) is 4.80. The average molecular weight is 226 g/mol. The van der Waals surface area contributed by atoms with Crippen molar-refractivity contribution in [3.05, 3.63) is 6.33 Å². The molecule has 2 rings (SSSR count). The fourth-order valence-electron chi connectivity index (χ4n) is 1.57. The summed E-state index contributed by atoms with van der Waals surface area (Å²) in [7, 11) is 1.59. The molecule has 6 heteroatoms. The molecule has 1 fully saturated rings. The summed E-state index contributed by atoms with van der Waals surface area (Å²) in [6.07, 6.45) is 1.48. The third-order valence-corrected chi connectivity index (χ3v) is 3.27. The van der Waals surface area contributed by atoms with Crippen LogP contribution >= 0.6 is 11.8 Å². The van der Waals surface area contributed by atoms with Crippen molar-refractivity contribution in [3.63, 3.8) is 0 Å². The SMILES string of the molecule is COc1c(N)ncnc1N1CCSCC1. The maximum atomic E-state index is 5.73. The van der Waals surface area contributed by atoms with Crippen LogP contribution in [0.25, 0.3) is 0 Å². The Labute approximate surface area is 93.0 Å². The lowest BCUT2D eigenvalue weighted by Crippen LogP contribution is -2.33. The maximum absolute atomic E-state index is 5.73. The van der Waals surface area contributed by atoms with Crippen molar-refractivity contribution in [2.24, 2.45) is 0 Å². The van der Waals surface area contributed by atoms with Crippen molar-refractivity contribution < 1.29 is 4.74 Å². The second kappa shape index (κ2) is 4.57. The lowest BCUT2D eigenvalue weighted by atomic mass is 10.4. The Kier molecular flexibility index (Phi) is 3.15. The van der Waals surface area contributed by atoms with Crippen LogP contribution in [0.3, 0.4) is 0 Å². The predicted octanol–water partition coefficient (Wildman–Crippen LogP) is 0.621. The molecule has 0 aliphatic carbocycles. The summed E-state index contributed by atoms with van der Waals surface area (Å²) < 4.78 is 5.23. The van der Waals surface area contributed by atoms with Gasteiger partial charge in [-0.05, 0) is 0 Å². The first kappa shape index (κ1) is 10.4. The molecule has 2 heterocycles. The quantitative estimate of drug-likeness (QED) is 0.797. The lowest BCUT2D eigenvalue weighted by Gasteiger charge is -2.28. The molecular weight excluding hydrogens is 212 g/mol. The molecule has 1 aliphatic rings. The van der Waals surface area contributed by atoms with E-state index in [1.165, 1.54) is 6.33 Å². The molecule has 0 spiro atoms. The second-order valence-electron chi connectivity index (χ2n) is 3.22. The van der Waals surface area contributed by atoms with Crippen LogP contribution in [-0.4, -0.2) is 41.7 Å². The zero-order chi connectivity index (χ0) is 10.7. The van der Waals surface area contributed by atoms with Gasteiger partial charge in [-0.15, -0.1) is 0 Å². The number of ether oxygens (including phenoxy) is 1. The molecule has 0 saturated carbocycles. The lowest BCUT2D eigenvalue weighted by molar-refractivity contribution is 0.413. The Morgan fingerprint density at radius 1 is 1.40 bits per heavy atom. The van der Waals surface area contributed by atoms with Crippen molar-refractivity contribution in [2.45, 2.75) is 0 Å². The van der Waals surface area contributed by atoms with Gasteiger partial charge in [0.15, 0.2) is 11.6 Å². The van der Waals surface area contributed by atoms with Crippen LogP contribution < -0.4 is 15.4 Å². The first-order chi connectivity index (χ1) is 7.33. The topological polar surface area (TPSA) is 64.3 Å². The minimum Gasteiger partial charge on any atom is -0.490 e. The fourth-order valence-corrected chi connectivity index (χ4v) is 2.48. The minimum atomic E-state index is 0.403. The number of anilines is 2. The smallest absolute Gasteiger partial charge is 0.204 e. The van der Waals surface area contributed by atoms with E-state index in [4.69, 9.17) is 10.5 Å². The molecule has 2 N–H and O–H groups in total. The number of thioether (sulfide) groups is 1. The van der Waals surface area contributed by atoms with Gasteiger partial charge in [0.1, 0.15) is 6.33 Å². The maximum Gasteiger partial charge on any atom is 0.204 e. The minimum absolute atomic E-state index is 0.403. The molecule has 0 radical (unpaired) electrons. The van der Waals surface area contributed by atoms with Crippen LogP contribution in [0.5, 0.6) is 5.75 Å². The molecule has 0 amide bonds. The van der Waals surface area contributed by atoms with Crippen molar-refractivity contribution in [3.8, 4) is 5.75 Å². The number of hydrogen-bond acceptors (Lipinski definition) is 6. The van der Waals surface area contributed by atoms with Crippen molar-refractivity contribution in [2.75, 3.05) is 42.3 Å². The van der Waals surface area contributed by atoms with E-state index in [9.17, 15) is 0 Å². The van der Waals surface area contributed by atoms with Gasteiger partial charge in [0.05, 0.1) is 7.11 Å². The molecule has 0 unspecified atom stereocenters. The number of aromatic nitrogens is 2. The number of methoxy groups -OCH3 is 1. The van der Waals surface area contributed by atoms with E-state index in [-0.39, 0.29) is 0 Å². The standard InChI is InChI=1S/C9H14N4OS/c1-14-7-8(10)11-6-12-9(7)13-2-4-15-5-3-13/h6H,2-5H2,1H3,(H2,10,11,12). The number of nitrogens with two attached hydrogens (primary N) is 1. The van der Waals surface area contributed by atoms with Crippen molar-refractivity contribution in [1.82, 2.24) is 9.97 Å². The highest BCUT2D eigenvalue weighted by Gasteiger charge is 2.18. The van der Waals surface area contributed by atoms with Gasteiger partial charge in [0.2, 0.25) is 5.75 Å². The van der Waals surface area contributed by atoms with E-state index in [1.807, 2.05) is 11.8 Å². The van der Waals surface area contributed by atoms with Crippen LogP contribution in [0, 0.1) is 0 Å². The zero-order valence-electron chi connectivity index (χ0n) is 8.64. The van der Waals surface area contributed by atoms with E-state index in [0.29, 0.717) is 11.6 Å². The van der Waals surface area contributed by atoms with Crippen LogP contribution in [0.1, 0.15) is 0 Å². The molecule has 1 saturated heterocycles. The molecule has 0 atom stereocenters. The van der Waals surface area contributed by atoms with Crippen LogP contribution in [-0.2, 0) is 0 Å². The molecule has 82 valence electrons. The van der Waals surface area contributed by atoms with E-state index >= 15 is 0 Å². The van der Waals surface area contributed by atoms with E-state index in [1.54, 1.807) is 7.11 Å². The Morgan fingerprint density at radius 3 is 2.80 bits per heavy atom. The Morgan fingerprint density at radius 2 is 2.13 bits per heavy atom. The summed E-state index contributed by atoms with van der Waals surface area (Å²) in [6.45, 7) is 1.97. The molecule has 15 heavy (non-hydrogen) atoms. The van der Waals surface area contributed by atoms with E-state index < -0.39 is 0 Å². The first-order valence-corrected chi connectivity index (χ1v) is 5.95. The Balaban J connectivity index is 2.29. The van der Waals surface area contributed by atoms with Gasteiger partial charge in [0, 0.05) is 24.6 Å². The zero-order valence-corrected chi connectivity index (χ0v) is 9.46. The monoisotopic (exact) mass is 226 g/mol. The van der Waals surface area contributed by atoms with Gasteiger partial charge in [0.25, 0.3) is 0 Å². The van der Waals surface area contributed by atoms with Gasteiger partial charge in [-0.1, -0.05) is 0 Å². The summed E-state index contributed by atoms with van der Waals surface area (Å²) in [6, 6.07) is 0. The molecule has 1 aromatic rings. The third-order valence-electron chi connectivity index (χ3n) is 2.33. The second-order valence-corrected chi connectivity index (χ2v) is 4.44. The van der Waals surface area contributed by atoms with Gasteiger partial charge in [-0.3, -0.25) is 0 Å². The molecule has 0 aromatic carbocycles. The van der Waals surface area contributed by atoms with Crippen LogP contribution in [0.15, 0.2) is 6.33 Å². The highest BCUT2D eigenvalue weighted by Crippen LogP contribution is 2.30. The summed E-state index contributed by atoms with van der Waals surface area (Å²) in [5.41, 5.74) is 5.73. The van der Waals surface area contributed by atoms with Crippen molar-refractivity contribution >= 4 is 23.4 Å². The summed E-state index contributed by atoms with van der Waals surface area (Å²) in [4.78, 5) is 10.3. The number of rotatable bonds is 2. The number of hydrogen-bond donors (Lipinski definition) is 1. The van der Waals surface area contributed by atoms with Gasteiger partial charge < -0.3 is 15.4 Å². The largest absolute Gasteiger partial charge is 0.490 e. The van der Waals surface area contributed by atoms with Gasteiger partial charge >= 0.3 is 0 Å². The summed E-state index contributed by atoms with van der Waals surface area (Å²) in [5.74, 6) is 4.04.